The molecule has 26 heavy (non-hydrogen) atoms. The number of thiophene rings is 1. The van der Waals surface area contributed by atoms with E-state index in [-0.39, 0.29) is 11.8 Å². The van der Waals surface area contributed by atoms with Crippen molar-refractivity contribution in [3.05, 3.63) is 71.1 Å². The molecule has 0 bridgehead atoms. The van der Waals surface area contributed by atoms with Crippen LogP contribution in [0.2, 0.25) is 0 Å². The zero-order chi connectivity index (χ0) is 18.5. The Kier molecular flexibility index (Phi) is 5.34. The number of hydrogen-bond donors (Lipinski definition) is 2. The summed E-state index contributed by atoms with van der Waals surface area (Å²) in [5, 5.41) is 6.16. The van der Waals surface area contributed by atoms with Gasteiger partial charge in [-0.1, -0.05) is 24.3 Å². The topological polar surface area (TPSA) is 67.4 Å². The quantitative estimate of drug-likeness (QED) is 0.663. The highest BCUT2D eigenvalue weighted by molar-refractivity contribution is 7.18. The molecule has 0 fully saturated rings. The zero-order valence-corrected chi connectivity index (χ0v) is 15.2. The Morgan fingerprint density at radius 1 is 0.962 bits per heavy atom. The fraction of sp³-hybridized carbons (Fsp3) is 0.100. The normalized spacial score (nSPS) is 10.2. The van der Waals surface area contributed by atoms with Crippen LogP contribution in [0.15, 0.2) is 60.7 Å². The highest BCUT2D eigenvalue weighted by Crippen LogP contribution is 2.31. The van der Waals surface area contributed by atoms with Crippen LogP contribution in [0.4, 0.5) is 10.7 Å². The summed E-state index contributed by atoms with van der Waals surface area (Å²) in [5.74, 6) is 0.837. The smallest absolute Gasteiger partial charge is 0.265 e. The maximum atomic E-state index is 12.5. The van der Waals surface area contributed by atoms with Crippen molar-refractivity contribution in [2.75, 3.05) is 10.6 Å². The molecule has 0 unspecified atom stereocenters. The van der Waals surface area contributed by atoms with E-state index in [0.717, 1.165) is 5.56 Å². The van der Waals surface area contributed by atoms with Crippen LogP contribution in [0.5, 0.6) is 11.5 Å². The number of carbonyl (C=O) groups is 2. The number of ether oxygens (including phenoxy) is 1. The number of nitrogens with one attached hydrogen (secondary N) is 2. The van der Waals surface area contributed by atoms with Crippen LogP contribution in [-0.2, 0) is 4.79 Å². The Morgan fingerprint density at radius 3 is 2.54 bits per heavy atom. The average molecular weight is 366 g/mol. The van der Waals surface area contributed by atoms with Gasteiger partial charge in [-0.15, -0.1) is 11.3 Å². The van der Waals surface area contributed by atoms with Crippen LogP contribution >= 0.6 is 11.3 Å². The highest BCUT2D eigenvalue weighted by atomic mass is 32.1. The first-order valence-electron chi connectivity index (χ1n) is 8.03. The van der Waals surface area contributed by atoms with Crippen molar-refractivity contribution < 1.29 is 14.3 Å². The molecule has 0 radical (unpaired) electrons. The molecule has 3 aromatic rings. The van der Waals surface area contributed by atoms with Gasteiger partial charge in [-0.2, -0.15) is 0 Å². The minimum absolute atomic E-state index is 0.171. The summed E-state index contributed by atoms with van der Waals surface area (Å²) >= 11 is 1.22. The molecule has 2 aromatic carbocycles. The lowest BCUT2D eigenvalue weighted by Gasteiger charge is -2.12. The SMILES string of the molecule is CC(=O)Nc1ccc(C(=O)Nc2ccccc2Oc2cccc(C)c2)s1. The van der Waals surface area contributed by atoms with E-state index in [1.807, 2.05) is 43.3 Å². The first-order chi connectivity index (χ1) is 12.5. The van der Waals surface area contributed by atoms with Gasteiger partial charge in [0.15, 0.2) is 5.75 Å². The van der Waals surface area contributed by atoms with Crippen molar-refractivity contribution >= 4 is 33.8 Å². The van der Waals surface area contributed by atoms with Gasteiger partial charge in [0.2, 0.25) is 5.91 Å². The molecule has 0 atom stereocenters. The maximum absolute atomic E-state index is 12.5. The number of anilines is 2. The Balaban J connectivity index is 1.76. The number of benzene rings is 2. The first-order valence-corrected chi connectivity index (χ1v) is 8.85. The monoisotopic (exact) mass is 366 g/mol. The minimum atomic E-state index is -0.258. The molecule has 0 saturated heterocycles. The molecule has 6 heteroatoms. The van der Waals surface area contributed by atoms with Gasteiger partial charge in [-0.3, -0.25) is 9.59 Å². The molecule has 132 valence electrons. The van der Waals surface area contributed by atoms with Gasteiger partial charge in [0, 0.05) is 6.92 Å². The van der Waals surface area contributed by atoms with E-state index in [9.17, 15) is 9.59 Å². The number of rotatable bonds is 5. The van der Waals surface area contributed by atoms with Crippen LogP contribution in [0.3, 0.4) is 0 Å². The lowest BCUT2D eigenvalue weighted by molar-refractivity contribution is -0.114. The van der Waals surface area contributed by atoms with E-state index < -0.39 is 0 Å². The van der Waals surface area contributed by atoms with E-state index >= 15 is 0 Å². The van der Waals surface area contributed by atoms with Gasteiger partial charge in [-0.25, -0.2) is 0 Å². The molecule has 0 saturated carbocycles. The van der Waals surface area contributed by atoms with Crippen molar-refractivity contribution in [3.63, 3.8) is 0 Å². The molecule has 0 aliphatic heterocycles. The predicted molar refractivity (Wildman–Crippen MR) is 104 cm³/mol. The van der Waals surface area contributed by atoms with E-state index in [4.69, 9.17) is 4.74 Å². The van der Waals surface area contributed by atoms with E-state index in [2.05, 4.69) is 10.6 Å². The molecule has 1 aromatic heterocycles. The lowest BCUT2D eigenvalue weighted by Crippen LogP contribution is -2.10. The lowest BCUT2D eigenvalue weighted by atomic mass is 10.2. The number of hydrogen-bond acceptors (Lipinski definition) is 4. The predicted octanol–water partition coefficient (Wildman–Crippen LogP) is 5.06. The Labute approximate surface area is 155 Å². The van der Waals surface area contributed by atoms with Crippen molar-refractivity contribution in [1.29, 1.82) is 0 Å². The summed E-state index contributed by atoms with van der Waals surface area (Å²) in [6, 6.07) is 18.3. The second-order valence-electron chi connectivity index (χ2n) is 5.71. The second kappa shape index (κ2) is 7.84. The summed E-state index contributed by atoms with van der Waals surface area (Å²) in [5.41, 5.74) is 1.67. The largest absolute Gasteiger partial charge is 0.455 e. The number of carbonyl (C=O) groups excluding carboxylic acids is 2. The van der Waals surface area contributed by atoms with Crippen LogP contribution < -0.4 is 15.4 Å². The van der Waals surface area contributed by atoms with Crippen molar-refractivity contribution in [2.24, 2.45) is 0 Å². The van der Waals surface area contributed by atoms with Gasteiger partial charge >= 0.3 is 0 Å². The van der Waals surface area contributed by atoms with E-state index in [0.29, 0.717) is 27.1 Å². The fourth-order valence-electron chi connectivity index (χ4n) is 2.35. The molecule has 0 aliphatic carbocycles. The third-order valence-electron chi connectivity index (χ3n) is 3.48. The number of aryl methyl sites for hydroxylation is 1. The molecular formula is C20H18N2O3S. The molecule has 1 heterocycles. The summed E-state index contributed by atoms with van der Waals surface area (Å²) in [6.45, 7) is 3.42. The molecule has 5 nitrogen and oxygen atoms in total. The van der Waals surface area contributed by atoms with Crippen molar-refractivity contribution in [2.45, 2.75) is 13.8 Å². The molecular weight excluding hydrogens is 348 g/mol. The summed E-state index contributed by atoms with van der Waals surface area (Å²) < 4.78 is 5.92. The van der Waals surface area contributed by atoms with Gasteiger partial charge in [0.1, 0.15) is 5.75 Å². The summed E-state index contributed by atoms with van der Waals surface area (Å²) in [4.78, 5) is 24.1. The van der Waals surface area contributed by atoms with Crippen LogP contribution in [-0.4, -0.2) is 11.8 Å². The van der Waals surface area contributed by atoms with Gasteiger partial charge in [0.25, 0.3) is 5.91 Å². The summed E-state index contributed by atoms with van der Waals surface area (Å²) in [7, 11) is 0. The Hall–Kier alpha value is -3.12. The summed E-state index contributed by atoms with van der Waals surface area (Å²) in [6.07, 6.45) is 0. The van der Waals surface area contributed by atoms with Crippen LogP contribution in [0, 0.1) is 6.92 Å². The molecule has 2 N–H and O–H groups in total. The van der Waals surface area contributed by atoms with Crippen molar-refractivity contribution in [1.82, 2.24) is 0 Å². The van der Waals surface area contributed by atoms with E-state index in [1.54, 1.807) is 24.3 Å². The van der Waals surface area contributed by atoms with Gasteiger partial charge in [0.05, 0.1) is 15.6 Å². The molecule has 0 spiro atoms. The second-order valence-corrected chi connectivity index (χ2v) is 6.80. The maximum Gasteiger partial charge on any atom is 0.265 e. The van der Waals surface area contributed by atoms with Gasteiger partial charge < -0.3 is 15.4 Å². The fourth-order valence-corrected chi connectivity index (χ4v) is 3.20. The number of para-hydroxylation sites is 2. The minimum Gasteiger partial charge on any atom is -0.455 e. The molecule has 2 amide bonds. The molecule has 0 aliphatic rings. The highest BCUT2D eigenvalue weighted by Gasteiger charge is 2.13. The first kappa shape index (κ1) is 17.7. The third-order valence-corrected chi connectivity index (χ3v) is 4.48. The van der Waals surface area contributed by atoms with Gasteiger partial charge in [-0.05, 0) is 48.9 Å². The zero-order valence-electron chi connectivity index (χ0n) is 14.4. The average Bonchev–Trinajstić information content (AvgIpc) is 3.04. The third kappa shape index (κ3) is 4.49. The Bertz CT molecular complexity index is 949. The standard InChI is InChI=1S/C20H18N2O3S/c1-13-6-5-7-15(12-13)25-17-9-4-3-8-16(17)22-20(24)18-10-11-19(26-18)21-14(2)23/h3-12H,1-2H3,(H,21,23)(H,22,24). The van der Waals surface area contributed by atoms with Crippen molar-refractivity contribution in [3.8, 4) is 11.5 Å². The number of amides is 2. The Morgan fingerprint density at radius 2 is 1.77 bits per heavy atom. The van der Waals surface area contributed by atoms with Crippen LogP contribution in [0.25, 0.3) is 0 Å². The van der Waals surface area contributed by atoms with Crippen LogP contribution in [0.1, 0.15) is 22.2 Å². The molecule has 3 rings (SSSR count). The van der Waals surface area contributed by atoms with E-state index in [1.165, 1.54) is 18.3 Å².